The molecule has 2 aliphatic rings. The van der Waals surface area contributed by atoms with Crippen molar-refractivity contribution in [2.45, 2.75) is 76.4 Å². The Morgan fingerprint density at radius 1 is 1.37 bits per heavy atom. The maximum absolute atomic E-state index is 11.6. The molecule has 1 heterocycles. The Labute approximate surface area is 116 Å². The molecule has 2 N–H and O–H groups in total. The molecule has 0 amide bonds. The van der Waals surface area contributed by atoms with Gasteiger partial charge in [-0.2, -0.15) is 0 Å². The molecule has 2 rings (SSSR count). The summed E-state index contributed by atoms with van der Waals surface area (Å²) in [7, 11) is 0. The summed E-state index contributed by atoms with van der Waals surface area (Å²) in [6.45, 7) is 5.76. The first-order valence-electron chi connectivity index (χ1n) is 7.80. The molecule has 2 fully saturated rings. The first-order chi connectivity index (χ1) is 9.05. The van der Waals surface area contributed by atoms with E-state index >= 15 is 0 Å². The summed E-state index contributed by atoms with van der Waals surface area (Å²) in [6, 6.07) is 1.01. The average Bonchev–Trinajstić information content (AvgIpc) is 3.15. The van der Waals surface area contributed by atoms with Crippen molar-refractivity contribution in [2.24, 2.45) is 0 Å². The van der Waals surface area contributed by atoms with Crippen LogP contribution < -0.4 is 5.32 Å². The SMILES string of the molecule is CCCC1CCCCN1CC(C)(NC1CC1)C(=O)O. The quantitative estimate of drug-likeness (QED) is 0.743. The first kappa shape index (κ1) is 14.8. The zero-order chi connectivity index (χ0) is 13.9. The Bertz CT molecular complexity index is 315. The summed E-state index contributed by atoms with van der Waals surface area (Å²) >= 11 is 0. The van der Waals surface area contributed by atoms with Gasteiger partial charge in [-0.1, -0.05) is 19.8 Å². The normalized spacial score (nSPS) is 28.0. The molecule has 0 aromatic carbocycles. The number of likely N-dealkylation sites (tertiary alicyclic amines) is 1. The summed E-state index contributed by atoms with van der Waals surface area (Å²) in [4.78, 5) is 14.0. The van der Waals surface area contributed by atoms with Crippen molar-refractivity contribution in [3.63, 3.8) is 0 Å². The van der Waals surface area contributed by atoms with Crippen molar-refractivity contribution in [1.82, 2.24) is 10.2 Å². The second-order valence-corrected chi connectivity index (χ2v) is 6.46. The number of carbonyl (C=O) groups is 1. The van der Waals surface area contributed by atoms with Crippen LogP contribution in [0.1, 0.15) is 58.8 Å². The van der Waals surface area contributed by atoms with Crippen LogP contribution in [0, 0.1) is 0 Å². The molecule has 4 nitrogen and oxygen atoms in total. The van der Waals surface area contributed by atoms with Gasteiger partial charge in [-0.15, -0.1) is 0 Å². The van der Waals surface area contributed by atoms with Crippen LogP contribution in [-0.4, -0.2) is 46.7 Å². The van der Waals surface area contributed by atoms with E-state index in [2.05, 4.69) is 17.1 Å². The highest BCUT2D eigenvalue weighted by Gasteiger charge is 2.41. The maximum Gasteiger partial charge on any atom is 0.324 e. The van der Waals surface area contributed by atoms with Gasteiger partial charge in [-0.05, 0) is 45.6 Å². The van der Waals surface area contributed by atoms with Crippen LogP contribution in [-0.2, 0) is 4.79 Å². The lowest BCUT2D eigenvalue weighted by Crippen LogP contribution is -2.59. The average molecular weight is 268 g/mol. The van der Waals surface area contributed by atoms with Crippen molar-refractivity contribution in [2.75, 3.05) is 13.1 Å². The number of nitrogens with zero attached hydrogens (tertiary/aromatic N) is 1. The van der Waals surface area contributed by atoms with Crippen molar-refractivity contribution in [3.05, 3.63) is 0 Å². The summed E-state index contributed by atoms with van der Waals surface area (Å²) in [5.41, 5.74) is -0.787. The molecule has 0 aromatic rings. The van der Waals surface area contributed by atoms with Gasteiger partial charge in [-0.25, -0.2) is 0 Å². The number of hydrogen-bond donors (Lipinski definition) is 2. The molecule has 0 aromatic heterocycles. The van der Waals surface area contributed by atoms with Crippen molar-refractivity contribution < 1.29 is 9.90 Å². The first-order valence-corrected chi connectivity index (χ1v) is 7.80. The zero-order valence-corrected chi connectivity index (χ0v) is 12.3. The molecule has 19 heavy (non-hydrogen) atoms. The van der Waals surface area contributed by atoms with E-state index in [9.17, 15) is 9.90 Å². The minimum atomic E-state index is -0.787. The lowest BCUT2D eigenvalue weighted by Gasteiger charge is -2.40. The molecule has 110 valence electrons. The van der Waals surface area contributed by atoms with E-state index in [1.807, 2.05) is 6.92 Å². The number of aliphatic carboxylic acids is 1. The number of rotatable bonds is 7. The molecular formula is C15H28N2O2. The van der Waals surface area contributed by atoms with Gasteiger partial charge < -0.3 is 5.11 Å². The third-order valence-electron chi connectivity index (χ3n) is 4.46. The van der Waals surface area contributed by atoms with Crippen molar-refractivity contribution in [1.29, 1.82) is 0 Å². The monoisotopic (exact) mass is 268 g/mol. The molecule has 1 saturated heterocycles. The van der Waals surface area contributed by atoms with Crippen LogP contribution in [0.5, 0.6) is 0 Å². The van der Waals surface area contributed by atoms with E-state index in [1.54, 1.807) is 0 Å². The van der Waals surface area contributed by atoms with Crippen LogP contribution in [0.15, 0.2) is 0 Å². The third-order valence-corrected chi connectivity index (χ3v) is 4.46. The molecule has 4 heteroatoms. The van der Waals surface area contributed by atoms with Gasteiger partial charge in [0.2, 0.25) is 0 Å². The highest BCUT2D eigenvalue weighted by molar-refractivity contribution is 5.78. The minimum absolute atomic E-state index is 0.426. The van der Waals surface area contributed by atoms with Gasteiger partial charge in [0, 0.05) is 18.6 Å². The Hall–Kier alpha value is -0.610. The lowest BCUT2D eigenvalue weighted by molar-refractivity contribution is -0.145. The Morgan fingerprint density at radius 2 is 2.11 bits per heavy atom. The predicted octanol–water partition coefficient (Wildman–Crippen LogP) is 2.24. The smallest absolute Gasteiger partial charge is 0.324 e. The number of carboxylic acid groups (broad SMARTS) is 1. The topological polar surface area (TPSA) is 52.6 Å². The van der Waals surface area contributed by atoms with Crippen LogP contribution in [0.2, 0.25) is 0 Å². The van der Waals surface area contributed by atoms with Crippen LogP contribution >= 0.6 is 0 Å². The molecule has 1 saturated carbocycles. The highest BCUT2D eigenvalue weighted by Crippen LogP contribution is 2.26. The molecule has 2 atom stereocenters. The Balaban J connectivity index is 1.99. The largest absolute Gasteiger partial charge is 0.480 e. The number of piperidine rings is 1. The molecule has 2 unspecified atom stereocenters. The Morgan fingerprint density at radius 3 is 2.68 bits per heavy atom. The fraction of sp³-hybridized carbons (Fsp3) is 0.933. The second-order valence-electron chi connectivity index (χ2n) is 6.46. The maximum atomic E-state index is 11.6. The van der Waals surface area contributed by atoms with Gasteiger partial charge in [0.1, 0.15) is 5.54 Å². The van der Waals surface area contributed by atoms with Gasteiger partial charge >= 0.3 is 5.97 Å². The van der Waals surface area contributed by atoms with Gasteiger partial charge in [0.05, 0.1) is 0 Å². The van der Waals surface area contributed by atoms with Crippen molar-refractivity contribution >= 4 is 5.97 Å². The number of nitrogens with one attached hydrogen (secondary N) is 1. The van der Waals surface area contributed by atoms with Crippen molar-refractivity contribution in [3.8, 4) is 0 Å². The summed E-state index contributed by atoms with van der Waals surface area (Å²) in [6.07, 6.45) is 8.36. The second kappa shape index (κ2) is 6.23. The van der Waals surface area contributed by atoms with Crippen LogP contribution in [0.4, 0.5) is 0 Å². The van der Waals surface area contributed by atoms with Crippen LogP contribution in [0.3, 0.4) is 0 Å². The molecular weight excluding hydrogens is 240 g/mol. The van der Waals surface area contributed by atoms with Gasteiger partial charge in [0.25, 0.3) is 0 Å². The van der Waals surface area contributed by atoms with E-state index in [0.717, 1.165) is 19.4 Å². The third kappa shape index (κ3) is 3.93. The number of carboxylic acids is 1. The summed E-state index contributed by atoms with van der Waals surface area (Å²) < 4.78 is 0. The van der Waals surface area contributed by atoms with E-state index in [-0.39, 0.29) is 0 Å². The van der Waals surface area contributed by atoms with E-state index < -0.39 is 11.5 Å². The molecule has 0 radical (unpaired) electrons. The molecule has 0 bridgehead atoms. The standard InChI is InChI=1S/C15H28N2O2/c1-3-6-13-7-4-5-10-17(13)11-15(2,14(18)19)16-12-8-9-12/h12-13,16H,3-11H2,1-2H3,(H,18,19). The number of hydrogen-bond acceptors (Lipinski definition) is 3. The fourth-order valence-corrected chi connectivity index (χ4v) is 3.19. The van der Waals surface area contributed by atoms with Gasteiger partial charge in [0.15, 0.2) is 0 Å². The summed E-state index contributed by atoms with van der Waals surface area (Å²) in [5.74, 6) is -0.708. The fourth-order valence-electron chi connectivity index (χ4n) is 3.19. The van der Waals surface area contributed by atoms with Gasteiger partial charge in [-0.3, -0.25) is 15.0 Å². The molecule has 1 aliphatic heterocycles. The molecule has 1 aliphatic carbocycles. The zero-order valence-electron chi connectivity index (χ0n) is 12.3. The van der Waals surface area contributed by atoms with E-state index in [0.29, 0.717) is 18.6 Å². The van der Waals surface area contributed by atoms with Crippen LogP contribution in [0.25, 0.3) is 0 Å². The predicted molar refractivity (Wildman–Crippen MR) is 76.3 cm³/mol. The van der Waals surface area contributed by atoms with E-state index in [4.69, 9.17) is 0 Å². The summed E-state index contributed by atoms with van der Waals surface area (Å²) in [5, 5.41) is 12.9. The lowest BCUT2D eigenvalue weighted by atomic mass is 9.94. The molecule has 0 spiro atoms. The highest BCUT2D eigenvalue weighted by atomic mass is 16.4. The minimum Gasteiger partial charge on any atom is -0.480 e. The van der Waals surface area contributed by atoms with E-state index in [1.165, 1.54) is 32.1 Å². The Kier molecular flexibility index (Phi) is 4.85.